The number of carbonyl (C=O) groups is 2. The number of carbonyl (C=O) groups excluding carboxylic acids is 1. The Morgan fingerprint density at radius 1 is 1.35 bits per heavy atom. The number of nitrogens with zero attached hydrogens (tertiary/aromatic N) is 1. The molecule has 1 heterocycles. The van der Waals surface area contributed by atoms with Gasteiger partial charge >= 0.3 is 5.97 Å². The lowest BCUT2D eigenvalue weighted by Crippen LogP contribution is -2.51. The van der Waals surface area contributed by atoms with Crippen LogP contribution in [0.4, 0.5) is 0 Å². The number of aliphatic carboxylic acids is 1. The van der Waals surface area contributed by atoms with Crippen LogP contribution in [0.15, 0.2) is 0 Å². The fraction of sp³-hybridized carbons (Fsp3) is 0.867. The van der Waals surface area contributed by atoms with Crippen molar-refractivity contribution in [2.75, 3.05) is 19.6 Å². The number of carboxylic acid groups (broad SMARTS) is 1. The Labute approximate surface area is 121 Å². The summed E-state index contributed by atoms with van der Waals surface area (Å²) in [6.07, 6.45) is 2.33. The molecule has 0 aromatic heterocycles. The van der Waals surface area contributed by atoms with E-state index in [1.807, 2.05) is 11.8 Å². The summed E-state index contributed by atoms with van der Waals surface area (Å²) < 4.78 is 0. The summed E-state index contributed by atoms with van der Waals surface area (Å²) >= 11 is 0. The number of rotatable bonds is 7. The second-order valence-electron chi connectivity index (χ2n) is 6.19. The summed E-state index contributed by atoms with van der Waals surface area (Å²) in [6, 6.07) is 0.292. The zero-order valence-corrected chi connectivity index (χ0v) is 12.9. The van der Waals surface area contributed by atoms with E-state index in [0.717, 1.165) is 19.5 Å². The molecular formula is C15H28N2O3. The van der Waals surface area contributed by atoms with Gasteiger partial charge in [0, 0.05) is 32.0 Å². The number of amides is 1. The highest BCUT2D eigenvalue weighted by atomic mass is 16.4. The van der Waals surface area contributed by atoms with Crippen molar-refractivity contribution in [2.45, 2.75) is 52.5 Å². The summed E-state index contributed by atoms with van der Waals surface area (Å²) in [5.74, 6) is 0.279. The van der Waals surface area contributed by atoms with Gasteiger partial charge in [0.25, 0.3) is 0 Å². The molecule has 1 amide bonds. The minimum atomic E-state index is -0.754. The molecule has 1 saturated heterocycles. The SMILES string of the molecule is CCC(=O)N1CC(CCC(=O)O)CC(NCC(C)C)C1. The van der Waals surface area contributed by atoms with Gasteiger partial charge in [-0.15, -0.1) is 0 Å². The molecule has 20 heavy (non-hydrogen) atoms. The molecule has 1 aliphatic heterocycles. The van der Waals surface area contributed by atoms with Gasteiger partial charge in [-0.3, -0.25) is 9.59 Å². The Bertz CT molecular complexity index is 331. The van der Waals surface area contributed by atoms with Gasteiger partial charge in [0.1, 0.15) is 0 Å². The van der Waals surface area contributed by atoms with E-state index >= 15 is 0 Å². The number of hydrogen-bond donors (Lipinski definition) is 2. The Morgan fingerprint density at radius 2 is 2.05 bits per heavy atom. The summed E-state index contributed by atoms with van der Waals surface area (Å²) in [4.78, 5) is 24.5. The normalized spacial score (nSPS) is 23.1. The largest absolute Gasteiger partial charge is 0.481 e. The third-order valence-corrected chi connectivity index (χ3v) is 3.77. The van der Waals surface area contributed by atoms with E-state index in [4.69, 9.17) is 5.11 Å². The van der Waals surface area contributed by atoms with Crippen LogP contribution in [0, 0.1) is 11.8 Å². The molecule has 0 aromatic rings. The molecule has 2 N–H and O–H groups in total. The van der Waals surface area contributed by atoms with Crippen LogP contribution < -0.4 is 5.32 Å². The van der Waals surface area contributed by atoms with E-state index in [1.165, 1.54) is 0 Å². The van der Waals surface area contributed by atoms with Crippen LogP contribution in [0.5, 0.6) is 0 Å². The highest BCUT2D eigenvalue weighted by Gasteiger charge is 2.29. The second kappa shape index (κ2) is 8.25. The molecule has 0 spiro atoms. The second-order valence-corrected chi connectivity index (χ2v) is 6.19. The first kappa shape index (κ1) is 17.0. The summed E-state index contributed by atoms with van der Waals surface area (Å²) in [7, 11) is 0. The van der Waals surface area contributed by atoms with Crippen LogP contribution in [-0.4, -0.2) is 47.6 Å². The van der Waals surface area contributed by atoms with Crippen molar-refractivity contribution in [3.05, 3.63) is 0 Å². The standard InChI is InChI=1S/C15H28N2O3/c1-4-14(18)17-9-12(5-6-15(19)20)7-13(10-17)16-8-11(2)3/h11-13,16H,4-10H2,1-3H3,(H,19,20). The lowest BCUT2D eigenvalue weighted by Gasteiger charge is -2.38. The average Bonchev–Trinajstić information content (AvgIpc) is 2.41. The fourth-order valence-electron chi connectivity index (χ4n) is 2.72. The Balaban J connectivity index is 2.57. The van der Waals surface area contributed by atoms with Gasteiger partial charge in [0.15, 0.2) is 0 Å². The van der Waals surface area contributed by atoms with Gasteiger partial charge in [-0.05, 0) is 31.2 Å². The van der Waals surface area contributed by atoms with Crippen LogP contribution in [-0.2, 0) is 9.59 Å². The number of likely N-dealkylation sites (tertiary alicyclic amines) is 1. The third kappa shape index (κ3) is 5.90. The number of nitrogens with one attached hydrogen (secondary N) is 1. The minimum Gasteiger partial charge on any atom is -0.481 e. The van der Waals surface area contributed by atoms with Crippen LogP contribution in [0.3, 0.4) is 0 Å². The average molecular weight is 284 g/mol. The maximum Gasteiger partial charge on any atom is 0.303 e. The monoisotopic (exact) mass is 284 g/mol. The first-order valence-corrected chi connectivity index (χ1v) is 7.65. The third-order valence-electron chi connectivity index (χ3n) is 3.77. The maximum absolute atomic E-state index is 11.9. The van der Waals surface area contributed by atoms with Crippen LogP contribution in [0.2, 0.25) is 0 Å². The molecule has 1 aliphatic rings. The van der Waals surface area contributed by atoms with Gasteiger partial charge in [-0.1, -0.05) is 20.8 Å². The predicted molar refractivity (Wildman–Crippen MR) is 78.5 cm³/mol. The summed E-state index contributed by atoms with van der Waals surface area (Å²) in [5.41, 5.74) is 0. The number of carboxylic acids is 1. The van der Waals surface area contributed by atoms with Gasteiger partial charge < -0.3 is 15.3 Å². The van der Waals surface area contributed by atoms with Gasteiger partial charge in [-0.2, -0.15) is 0 Å². The number of hydrogen-bond acceptors (Lipinski definition) is 3. The topological polar surface area (TPSA) is 69.6 Å². The first-order chi connectivity index (χ1) is 9.42. The van der Waals surface area contributed by atoms with E-state index < -0.39 is 5.97 Å². The quantitative estimate of drug-likeness (QED) is 0.747. The highest BCUT2D eigenvalue weighted by Crippen LogP contribution is 2.22. The first-order valence-electron chi connectivity index (χ1n) is 7.65. The predicted octanol–water partition coefficient (Wildman–Crippen LogP) is 1.72. The molecule has 1 fully saturated rings. The van der Waals surface area contributed by atoms with Gasteiger partial charge in [-0.25, -0.2) is 0 Å². The lowest BCUT2D eigenvalue weighted by molar-refractivity contribution is -0.137. The van der Waals surface area contributed by atoms with Crippen LogP contribution in [0.25, 0.3) is 0 Å². The van der Waals surface area contributed by atoms with E-state index in [9.17, 15) is 9.59 Å². The Kier molecular flexibility index (Phi) is 6.99. The molecule has 5 nitrogen and oxygen atoms in total. The smallest absolute Gasteiger partial charge is 0.303 e. The van der Waals surface area contributed by atoms with Crippen molar-refractivity contribution in [2.24, 2.45) is 11.8 Å². The van der Waals surface area contributed by atoms with E-state index in [-0.39, 0.29) is 12.3 Å². The molecule has 1 rings (SSSR count). The van der Waals surface area contributed by atoms with Crippen molar-refractivity contribution < 1.29 is 14.7 Å². The van der Waals surface area contributed by atoms with Crippen LogP contribution in [0.1, 0.15) is 46.5 Å². The number of piperidine rings is 1. The van der Waals surface area contributed by atoms with Crippen LogP contribution >= 0.6 is 0 Å². The summed E-state index contributed by atoms with van der Waals surface area (Å²) in [5, 5.41) is 12.3. The Morgan fingerprint density at radius 3 is 2.60 bits per heavy atom. The van der Waals surface area contributed by atoms with Crippen molar-refractivity contribution in [3.8, 4) is 0 Å². The lowest BCUT2D eigenvalue weighted by atomic mass is 9.90. The molecule has 2 unspecified atom stereocenters. The maximum atomic E-state index is 11.9. The fourth-order valence-corrected chi connectivity index (χ4v) is 2.72. The minimum absolute atomic E-state index is 0.168. The molecule has 0 saturated carbocycles. The molecule has 0 aromatic carbocycles. The molecule has 5 heteroatoms. The zero-order chi connectivity index (χ0) is 15.1. The van der Waals surface area contributed by atoms with Crippen molar-refractivity contribution >= 4 is 11.9 Å². The van der Waals surface area contributed by atoms with E-state index in [1.54, 1.807) is 0 Å². The Hall–Kier alpha value is -1.10. The molecule has 0 aliphatic carbocycles. The van der Waals surface area contributed by atoms with Crippen molar-refractivity contribution in [1.29, 1.82) is 0 Å². The highest BCUT2D eigenvalue weighted by molar-refractivity contribution is 5.76. The van der Waals surface area contributed by atoms with E-state index in [2.05, 4.69) is 19.2 Å². The van der Waals surface area contributed by atoms with Crippen molar-refractivity contribution in [3.63, 3.8) is 0 Å². The molecule has 0 bridgehead atoms. The molecule has 116 valence electrons. The molecule has 0 radical (unpaired) electrons. The molecular weight excluding hydrogens is 256 g/mol. The van der Waals surface area contributed by atoms with E-state index in [0.29, 0.717) is 37.3 Å². The summed E-state index contributed by atoms with van der Waals surface area (Å²) in [6.45, 7) is 8.59. The zero-order valence-electron chi connectivity index (χ0n) is 12.9. The van der Waals surface area contributed by atoms with Crippen molar-refractivity contribution in [1.82, 2.24) is 10.2 Å². The van der Waals surface area contributed by atoms with Gasteiger partial charge in [0.05, 0.1) is 0 Å². The molecule has 2 atom stereocenters. The van der Waals surface area contributed by atoms with Gasteiger partial charge in [0.2, 0.25) is 5.91 Å².